The summed E-state index contributed by atoms with van der Waals surface area (Å²) < 4.78 is 12.1. The van der Waals surface area contributed by atoms with Gasteiger partial charge in [-0.05, 0) is 45.7 Å². The van der Waals surface area contributed by atoms with E-state index in [4.69, 9.17) is 0 Å². The average molecular weight is 281 g/mol. The molecule has 0 spiro atoms. The van der Waals surface area contributed by atoms with E-state index in [1.54, 1.807) is 0 Å². The molecule has 3 heteroatoms. The second kappa shape index (κ2) is 8.49. The van der Waals surface area contributed by atoms with Crippen molar-refractivity contribution in [3.8, 4) is 0 Å². The van der Waals surface area contributed by atoms with Crippen LogP contribution in [0.5, 0.6) is 0 Å². The molecule has 0 aliphatic carbocycles. The first kappa shape index (κ1) is 16.4. The average Bonchev–Trinajstić information content (AvgIpc) is 2.33. The van der Waals surface area contributed by atoms with Crippen molar-refractivity contribution in [1.82, 2.24) is 5.32 Å². The Balaban J connectivity index is 2.38. The van der Waals surface area contributed by atoms with Gasteiger partial charge < -0.3 is 5.32 Å². The molecule has 19 heavy (non-hydrogen) atoms. The second-order valence-electron chi connectivity index (χ2n) is 5.32. The Hall–Kier alpha value is -0.670. The Labute approximate surface area is 120 Å². The fourth-order valence-electron chi connectivity index (χ4n) is 2.45. The van der Waals surface area contributed by atoms with Crippen LogP contribution in [0.1, 0.15) is 42.9 Å². The van der Waals surface area contributed by atoms with Crippen LogP contribution in [0.25, 0.3) is 0 Å². The van der Waals surface area contributed by atoms with Crippen molar-refractivity contribution in [2.45, 2.75) is 51.8 Å². The first-order valence-corrected chi connectivity index (χ1v) is 8.63. The van der Waals surface area contributed by atoms with Gasteiger partial charge in [-0.25, -0.2) is 0 Å². The van der Waals surface area contributed by atoms with E-state index in [2.05, 4.69) is 44.3 Å². The van der Waals surface area contributed by atoms with Gasteiger partial charge in [-0.3, -0.25) is 4.21 Å². The number of benzene rings is 1. The summed E-state index contributed by atoms with van der Waals surface area (Å²) in [7, 11) is 1.26. The van der Waals surface area contributed by atoms with Gasteiger partial charge >= 0.3 is 0 Å². The van der Waals surface area contributed by atoms with Crippen LogP contribution in [0.15, 0.2) is 18.2 Å². The quantitative estimate of drug-likeness (QED) is 0.792. The molecule has 108 valence electrons. The van der Waals surface area contributed by atoms with Gasteiger partial charge in [0, 0.05) is 28.3 Å². The molecule has 1 aromatic carbocycles. The molecule has 1 aromatic rings. The fourth-order valence-corrected chi connectivity index (χ4v) is 3.63. The maximum atomic E-state index is 12.1. The molecule has 0 saturated carbocycles. The largest absolute Gasteiger partial charge is 0.317 e. The topological polar surface area (TPSA) is 29.1 Å². The summed E-state index contributed by atoms with van der Waals surface area (Å²) in [6.07, 6.45) is 3.29. The van der Waals surface area contributed by atoms with E-state index in [1.165, 1.54) is 16.7 Å². The molecule has 0 aliphatic heterocycles. The highest BCUT2D eigenvalue weighted by Crippen LogP contribution is 2.12. The minimum Gasteiger partial charge on any atom is -0.317 e. The monoisotopic (exact) mass is 281 g/mol. The van der Waals surface area contributed by atoms with Crippen molar-refractivity contribution in [3.05, 3.63) is 34.9 Å². The first-order valence-electron chi connectivity index (χ1n) is 7.14. The summed E-state index contributed by atoms with van der Waals surface area (Å²) >= 11 is 0. The Morgan fingerprint density at radius 1 is 1.21 bits per heavy atom. The molecule has 1 rings (SSSR count). The van der Waals surface area contributed by atoms with Crippen molar-refractivity contribution < 1.29 is 4.21 Å². The van der Waals surface area contributed by atoms with Crippen LogP contribution >= 0.6 is 0 Å². The molecule has 1 N–H and O–H groups in total. The summed E-state index contributed by atoms with van der Waals surface area (Å²) in [6, 6.07) is 7.02. The van der Waals surface area contributed by atoms with Crippen molar-refractivity contribution in [2.75, 3.05) is 12.8 Å². The van der Waals surface area contributed by atoms with E-state index in [0.717, 1.165) is 25.0 Å². The summed E-state index contributed by atoms with van der Waals surface area (Å²) in [4.78, 5) is 0. The third kappa shape index (κ3) is 6.35. The smallest absolute Gasteiger partial charge is 0.0485 e. The molecule has 0 fully saturated rings. The number of aryl methyl sites for hydroxylation is 2. The lowest BCUT2D eigenvalue weighted by atomic mass is 10.1. The molecule has 2 nitrogen and oxygen atoms in total. The minimum atomic E-state index is -0.736. The molecule has 0 saturated heterocycles. The maximum Gasteiger partial charge on any atom is 0.0485 e. The van der Waals surface area contributed by atoms with E-state index < -0.39 is 10.8 Å². The predicted molar refractivity (Wildman–Crippen MR) is 85.0 cm³/mol. The summed E-state index contributed by atoms with van der Waals surface area (Å²) in [6.45, 7) is 6.38. The Morgan fingerprint density at radius 2 is 1.84 bits per heavy atom. The zero-order valence-electron chi connectivity index (χ0n) is 12.7. The summed E-state index contributed by atoms with van der Waals surface area (Å²) in [5.41, 5.74) is 3.72. The molecule has 2 atom stereocenters. The molecule has 0 radical (unpaired) electrons. The van der Waals surface area contributed by atoms with Gasteiger partial charge in [0.2, 0.25) is 0 Å². The van der Waals surface area contributed by atoms with Crippen molar-refractivity contribution in [1.29, 1.82) is 0 Å². The molecule has 0 amide bonds. The van der Waals surface area contributed by atoms with E-state index in [0.29, 0.717) is 11.8 Å². The summed E-state index contributed by atoms with van der Waals surface area (Å²) in [5.74, 6) is 1.50. The fraction of sp³-hybridized carbons (Fsp3) is 0.625. The van der Waals surface area contributed by atoms with E-state index in [1.807, 2.05) is 7.05 Å². The number of rotatable bonds is 8. The van der Waals surface area contributed by atoms with Crippen LogP contribution in [-0.2, 0) is 16.6 Å². The highest BCUT2D eigenvalue weighted by molar-refractivity contribution is 7.84. The highest BCUT2D eigenvalue weighted by Gasteiger charge is 2.06. The van der Waals surface area contributed by atoms with Crippen molar-refractivity contribution >= 4 is 10.8 Å². The standard InChI is InChI=1S/C16H27NOS/c1-5-16(17-4)7-6-8-19(18)12-15-10-13(2)9-14(3)11-15/h9-11,16-17H,5-8,12H2,1-4H3. The number of hydrogen-bond acceptors (Lipinski definition) is 2. The normalized spacial score (nSPS) is 14.3. The Kier molecular flexibility index (Phi) is 7.32. The number of nitrogens with one attached hydrogen (secondary N) is 1. The van der Waals surface area contributed by atoms with Crippen LogP contribution in [0.4, 0.5) is 0 Å². The molecule has 0 aliphatic rings. The predicted octanol–water partition coefficient (Wildman–Crippen LogP) is 3.33. The van der Waals surface area contributed by atoms with Crippen LogP contribution in [0, 0.1) is 13.8 Å². The van der Waals surface area contributed by atoms with Gasteiger partial charge in [-0.1, -0.05) is 36.2 Å². The molecule has 2 unspecified atom stereocenters. The van der Waals surface area contributed by atoms with Gasteiger partial charge in [-0.15, -0.1) is 0 Å². The van der Waals surface area contributed by atoms with Crippen molar-refractivity contribution in [3.63, 3.8) is 0 Å². The highest BCUT2D eigenvalue weighted by atomic mass is 32.2. The van der Waals surface area contributed by atoms with Crippen LogP contribution in [-0.4, -0.2) is 23.1 Å². The Morgan fingerprint density at radius 3 is 2.37 bits per heavy atom. The SMILES string of the molecule is CCC(CCCS(=O)Cc1cc(C)cc(C)c1)NC. The lowest BCUT2D eigenvalue weighted by Gasteiger charge is -2.13. The van der Waals surface area contributed by atoms with Crippen LogP contribution in [0.2, 0.25) is 0 Å². The van der Waals surface area contributed by atoms with Gasteiger partial charge in [0.1, 0.15) is 0 Å². The van der Waals surface area contributed by atoms with Crippen LogP contribution in [0.3, 0.4) is 0 Å². The van der Waals surface area contributed by atoms with Gasteiger partial charge in [-0.2, -0.15) is 0 Å². The van der Waals surface area contributed by atoms with Gasteiger partial charge in [0.05, 0.1) is 0 Å². The van der Waals surface area contributed by atoms with E-state index in [-0.39, 0.29) is 0 Å². The molecule has 0 aromatic heterocycles. The minimum absolute atomic E-state index is 0.568. The van der Waals surface area contributed by atoms with Gasteiger partial charge in [0.25, 0.3) is 0 Å². The molecule has 0 bridgehead atoms. The number of hydrogen-bond donors (Lipinski definition) is 1. The Bertz CT molecular complexity index is 393. The maximum absolute atomic E-state index is 12.1. The molecule has 0 heterocycles. The van der Waals surface area contributed by atoms with Crippen molar-refractivity contribution in [2.24, 2.45) is 0 Å². The molecular weight excluding hydrogens is 254 g/mol. The summed E-state index contributed by atoms with van der Waals surface area (Å²) in [5, 5.41) is 3.29. The van der Waals surface area contributed by atoms with Crippen LogP contribution < -0.4 is 5.32 Å². The first-order chi connectivity index (χ1) is 9.05. The zero-order valence-corrected chi connectivity index (χ0v) is 13.5. The lowest BCUT2D eigenvalue weighted by molar-refractivity contribution is 0.503. The third-order valence-corrected chi connectivity index (χ3v) is 4.83. The third-order valence-electron chi connectivity index (χ3n) is 3.43. The second-order valence-corrected chi connectivity index (χ2v) is 6.90. The van der Waals surface area contributed by atoms with E-state index in [9.17, 15) is 4.21 Å². The van der Waals surface area contributed by atoms with Gasteiger partial charge in [0.15, 0.2) is 0 Å². The lowest BCUT2D eigenvalue weighted by Crippen LogP contribution is -2.24. The molecular formula is C16H27NOS. The zero-order chi connectivity index (χ0) is 14.3. The van der Waals surface area contributed by atoms with E-state index >= 15 is 0 Å².